The summed E-state index contributed by atoms with van der Waals surface area (Å²) in [5.41, 5.74) is 1.04. The maximum Gasteiger partial charge on any atom is 0.255 e. The zero-order chi connectivity index (χ0) is 13.4. The lowest BCUT2D eigenvalue weighted by Crippen LogP contribution is -2.36. The van der Waals surface area contributed by atoms with Gasteiger partial charge < -0.3 is 4.90 Å². The fraction of sp³-hybridized carbons (Fsp3) is 0.462. The van der Waals surface area contributed by atoms with Crippen molar-refractivity contribution in [2.45, 2.75) is 19.3 Å². The fourth-order valence-corrected chi connectivity index (χ4v) is 2.07. The summed E-state index contributed by atoms with van der Waals surface area (Å²) >= 11 is 3.17. The van der Waals surface area contributed by atoms with Crippen molar-refractivity contribution in [2.24, 2.45) is 0 Å². The zero-order valence-corrected chi connectivity index (χ0v) is 11.6. The molecule has 0 atom stereocenters. The van der Waals surface area contributed by atoms with Crippen molar-refractivity contribution in [3.8, 4) is 0 Å². The maximum atomic E-state index is 12.3. The maximum absolute atomic E-state index is 12.3. The number of alkyl halides is 3. The van der Waals surface area contributed by atoms with Gasteiger partial charge in [-0.3, -0.25) is 4.79 Å². The second kappa shape index (κ2) is 8.19. The third kappa shape index (κ3) is 5.58. The van der Waals surface area contributed by atoms with Crippen LogP contribution in [0.1, 0.15) is 12.0 Å². The molecule has 1 aromatic rings. The normalized spacial score (nSPS) is 10.7. The molecule has 18 heavy (non-hydrogen) atoms. The summed E-state index contributed by atoms with van der Waals surface area (Å²) in [6.07, 6.45) is -1.63. The first kappa shape index (κ1) is 15.1. The van der Waals surface area contributed by atoms with Crippen LogP contribution in [0.4, 0.5) is 8.78 Å². The number of aryl methyl sites for hydroxylation is 1. The van der Waals surface area contributed by atoms with Gasteiger partial charge in [0.05, 0.1) is 6.54 Å². The first-order chi connectivity index (χ1) is 8.63. The van der Waals surface area contributed by atoms with Gasteiger partial charge in [-0.15, -0.1) is 0 Å². The van der Waals surface area contributed by atoms with E-state index in [-0.39, 0.29) is 12.3 Å². The van der Waals surface area contributed by atoms with E-state index in [1.807, 2.05) is 30.3 Å². The van der Waals surface area contributed by atoms with Crippen molar-refractivity contribution in [2.75, 3.05) is 18.4 Å². The van der Waals surface area contributed by atoms with Gasteiger partial charge in [-0.2, -0.15) is 0 Å². The molecule has 0 aliphatic heterocycles. The first-order valence-corrected chi connectivity index (χ1v) is 6.91. The van der Waals surface area contributed by atoms with E-state index < -0.39 is 13.0 Å². The highest BCUT2D eigenvalue weighted by Crippen LogP contribution is 2.07. The van der Waals surface area contributed by atoms with E-state index >= 15 is 0 Å². The van der Waals surface area contributed by atoms with E-state index in [0.29, 0.717) is 18.3 Å². The Balaban J connectivity index is 2.46. The van der Waals surface area contributed by atoms with E-state index in [4.69, 9.17) is 0 Å². The minimum atomic E-state index is -2.48. The zero-order valence-electron chi connectivity index (χ0n) is 9.99. The van der Waals surface area contributed by atoms with Crippen LogP contribution in [-0.2, 0) is 11.2 Å². The van der Waals surface area contributed by atoms with Gasteiger partial charge in [-0.1, -0.05) is 46.3 Å². The van der Waals surface area contributed by atoms with Gasteiger partial charge in [0, 0.05) is 18.3 Å². The molecule has 0 bridgehead atoms. The molecule has 0 saturated carbocycles. The third-order valence-corrected chi connectivity index (χ3v) is 2.89. The van der Waals surface area contributed by atoms with Crippen LogP contribution >= 0.6 is 15.9 Å². The Bertz CT molecular complexity index is 359. The fourth-order valence-electron chi connectivity index (χ4n) is 1.64. The molecule has 0 aliphatic rings. The van der Waals surface area contributed by atoms with Crippen LogP contribution in [0.15, 0.2) is 30.3 Å². The topological polar surface area (TPSA) is 20.3 Å². The molecule has 0 spiro atoms. The Hall–Kier alpha value is -0.970. The third-order valence-electron chi connectivity index (χ3n) is 2.54. The van der Waals surface area contributed by atoms with Crippen molar-refractivity contribution >= 4 is 21.8 Å². The molecule has 0 saturated heterocycles. The molecular formula is C13H16BrF2NO. The van der Waals surface area contributed by atoms with Crippen molar-refractivity contribution < 1.29 is 13.6 Å². The summed E-state index contributed by atoms with van der Waals surface area (Å²) in [5.74, 6) is -0.224. The van der Waals surface area contributed by atoms with Crippen molar-refractivity contribution in [1.29, 1.82) is 0 Å². The molecule has 0 unspecified atom stereocenters. The molecule has 0 heterocycles. The molecule has 0 radical (unpaired) electrons. The van der Waals surface area contributed by atoms with Crippen molar-refractivity contribution in [1.82, 2.24) is 4.90 Å². The average Bonchev–Trinajstić information content (AvgIpc) is 2.36. The van der Waals surface area contributed by atoms with Crippen LogP contribution in [0.3, 0.4) is 0 Å². The number of carbonyl (C=O) groups excluding carboxylic acids is 1. The van der Waals surface area contributed by atoms with Crippen LogP contribution in [0.5, 0.6) is 0 Å². The predicted molar refractivity (Wildman–Crippen MR) is 71.1 cm³/mol. The van der Waals surface area contributed by atoms with E-state index in [1.54, 1.807) is 0 Å². The summed E-state index contributed by atoms with van der Waals surface area (Å²) in [7, 11) is 0. The molecule has 0 aromatic heterocycles. The Morgan fingerprint density at radius 1 is 1.28 bits per heavy atom. The van der Waals surface area contributed by atoms with E-state index in [1.165, 1.54) is 4.90 Å². The standard InChI is InChI=1S/C13H16BrF2NO/c14-8-9-17(10-12(15)16)13(18)7-6-11-4-2-1-3-5-11/h1-5,12H,6-10H2. The van der Waals surface area contributed by atoms with Crippen LogP contribution in [0.25, 0.3) is 0 Å². The van der Waals surface area contributed by atoms with Gasteiger partial charge in [0.25, 0.3) is 6.43 Å². The smallest absolute Gasteiger partial charge is 0.255 e. The summed E-state index contributed by atoms with van der Waals surface area (Å²) in [4.78, 5) is 13.0. The Labute approximate surface area is 114 Å². The number of benzene rings is 1. The number of carbonyl (C=O) groups is 1. The van der Waals surface area contributed by atoms with Gasteiger partial charge in [0.2, 0.25) is 5.91 Å². The number of hydrogen-bond acceptors (Lipinski definition) is 1. The Kier molecular flexibility index (Phi) is 6.86. The van der Waals surface area contributed by atoms with Crippen LogP contribution in [0, 0.1) is 0 Å². The predicted octanol–water partition coefficient (Wildman–Crippen LogP) is 3.11. The second-order valence-corrected chi connectivity index (χ2v) is 4.70. The molecule has 1 aromatic carbocycles. The van der Waals surface area contributed by atoms with Crippen molar-refractivity contribution in [3.05, 3.63) is 35.9 Å². The molecule has 0 aliphatic carbocycles. The number of amides is 1. The number of halogens is 3. The van der Waals surface area contributed by atoms with Gasteiger partial charge in [-0.05, 0) is 12.0 Å². The minimum Gasteiger partial charge on any atom is -0.336 e. The summed E-state index contributed by atoms with van der Waals surface area (Å²) in [6, 6.07) is 9.55. The van der Waals surface area contributed by atoms with Crippen molar-refractivity contribution in [3.63, 3.8) is 0 Å². The molecule has 5 heteroatoms. The molecule has 0 N–H and O–H groups in total. The van der Waals surface area contributed by atoms with Gasteiger partial charge in [-0.25, -0.2) is 8.78 Å². The first-order valence-electron chi connectivity index (χ1n) is 5.79. The lowest BCUT2D eigenvalue weighted by atomic mass is 10.1. The highest BCUT2D eigenvalue weighted by molar-refractivity contribution is 9.09. The SMILES string of the molecule is O=C(CCc1ccccc1)N(CCBr)CC(F)F. The summed E-state index contributed by atoms with van der Waals surface area (Å²) in [6.45, 7) is -0.169. The highest BCUT2D eigenvalue weighted by Gasteiger charge is 2.17. The Morgan fingerprint density at radius 3 is 2.50 bits per heavy atom. The molecular weight excluding hydrogens is 304 g/mol. The van der Waals surface area contributed by atoms with Crippen LogP contribution in [-0.4, -0.2) is 35.7 Å². The monoisotopic (exact) mass is 319 g/mol. The largest absolute Gasteiger partial charge is 0.336 e. The van der Waals surface area contributed by atoms with Gasteiger partial charge >= 0.3 is 0 Å². The number of rotatable bonds is 7. The second-order valence-electron chi connectivity index (χ2n) is 3.91. The van der Waals surface area contributed by atoms with Gasteiger partial charge in [0.15, 0.2) is 0 Å². The molecule has 2 nitrogen and oxygen atoms in total. The summed E-state index contributed by atoms with van der Waals surface area (Å²) < 4.78 is 24.6. The minimum absolute atomic E-state index is 0.224. The molecule has 1 amide bonds. The molecule has 1 rings (SSSR count). The lowest BCUT2D eigenvalue weighted by molar-refractivity contribution is -0.132. The van der Waals surface area contributed by atoms with Crippen LogP contribution < -0.4 is 0 Å². The quantitative estimate of drug-likeness (QED) is 0.707. The van der Waals surface area contributed by atoms with Gasteiger partial charge in [0.1, 0.15) is 0 Å². The van der Waals surface area contributed by atoms with E-state index in [2.05, 4.69) is 15.9 Å². The molecule has 100 valence electrons. The van der Waals surface area contributed by atoms with Crippen LogP contribution in [0.2, 0.25) is 0 Å². The summed E-state index contributed by atoms with van der Waals surface area (Å²) in [5, 5.41) is 0.511. The van der Waals surface area contributed by atoms with E-state index in [0.717, 1.165) is 5.56 Å². The highest BCUT2D eigenvalue weighted by atomic mass is 79.9. The average molecular weight is 320 g/mol. The number of hydrogen-bond donors (Lipinski definition) is 0. The Morgan fingerprint density at radius 2 is 1.94 bits per heavy atom. The lowest BCUT2D eigenvalue weighted by Gasteiger charge is -2.21. The molecule has 0 fully saturated rings. The van der Waals surface area contributed by atoms with E-state index in [9.17, 15) is 13.6 Å². The number of nitrogens with zero attached hydrogens (tertiary/aromatic N) is 1.